The zero-order valence-corrected chi connectivity index (χ0v) is 15.1. The van der Waals surface area contributed by atoms with Crippen LogP contribution in [0.5, 0.6) is 0 Å². The summed E-state index contributed by atoms with van der Waals surface area (Å²) >= 11 is 0. The molecule has 1 saturated heterocycles. The molecule has 1 aliphatic rings. The van der Waals surface area contributed by atoms with E-state index in [2.05, 4.69) is 5.32 Å². The predicted octanol–water partition coefficient (Wildman–Crippen LogP) is 0.601. The molecule has 1 fully saturated rings. The Labute approximate surface area is 141 Å². The number of sulfonamides is 2. The minimum absolute atomic E-state index is 0. The Morgan fingerprint density at radius 2 is 1.96 bits per heavy atom. The van der Waals surface area contributed by atoms with E-state index in [1.165, 1.54) is 17.4 Å². The number of hydrogen-bond donors (Lipinski definition) is 2. The Morgan fingerprint density at radius 3 is 2.43 bits per heavy atom. The summed E-state index contributed by atoms with van der Waals surface area (Å²) in [5.74, 6) is -0.940. The van der Waals surface area contributed by atoms with Gasteiger partial charge >= 0.3 is 0 Å². The molecule has 0 bridgehead atoms. The van der Waals surface area contributed by atoms with Gasteiger partial charge in [0.05, 0.1) is 16.8 Å². The molecule has 0 amide bonds. The van der Waals surface area contributed by atoms with Crippen molar-refractivity contribution in [3.05, 3.63) is 24.0 Å². The zero-order valence-electron chi connectivity index (χ0n) is 12.6. The summed E-state index contributed by atoms with van der Waals surface area (Å²) in [6.07, 6.45) is 1.57. The highest BCUT2D eigenvalue weighted by molar-refractivity contribution is 7.92. The second kappa shape index (κ2) is 7.31. The number of nitrogens with zero attached hydrogens (tertiary/aromatic N) is 1. The molecule has 1 atom stereocenters. The lowest BCUT2D eigenvalue weighted by Crippen LogP contribution is -2.38. The zero-order chi connectivity index (χ0) is 16.5. The maximum Gasteiger partial charge on any atom is 0.243 e. The summed E-state index contributed by atoms with van der Waals surface area (Å²) in [7, 11) is -6.01. The summed E-state index contributed by atoms with van der Waals surface area (Å²) in [5.41, 5.74) is -0.286. The van der Waals surface area contributed by atoms with Crippen molar-refractivity contribution in [3.63, 3.8) is 0 Å². The summed E-state index contributed by atoms with van der Waals surface area (Å²) < 4.78 is 64.3. The average Bonchev–Trinajstić information content (AvgIpc) is 2.92. The van der Waals surface area contributed by atoms with Gasteiger partial charge in [-0.2, -0.15) is 4.31 Å². The molecule has 1 heterocycles. The van der Waals surface area contributed by atoms with Gasteiger partial charge in [-0.05, 0) is 31.2 Å². The van der Waals surface area contributed by atoms with Gasteiger partial charge in [0, 0.05) is 19.6 Å². The fraction of sp³-hybridized carbons (Fsp3) is 0.500. The summed E-state index contributed by atoms with van der Waals surface area (Å²) in [6.45, 7) is 1.28. The first kappa shape index (κ1) is 20.1. The van der Waals surface area contributed by atoms with E-state index in [9.17, 15) is 21.2 Å². The van der Waals surface area contributed by atoms with Crippen LogP contribution in [0.15, 0.2) is 23.1 Å². The average molecular weight is 388 g/mol. The summed E-state index contributed by atoms with van der Waals surface area (Å²) in [5, 5.41) is 3.07. The number of rotatable bonds is 5. The van der Waals surface area contributed by atoms with Crippen molar-refractivity contribution in [1.29, 1.82) is 0 Å². The van der Waals surface area contributed by atoms with Gasteiger partial charge in [-0.1, -0.05) is 0 Å². The number of halogens is 2. The normalized spacial score (nSPS) is 18.7. The summed E-state index contributed by atoms with van der Waals surface area (Å²) in [6, 6.07) is 2.93. The molecule has 23 heavy (non-hydrogen) atoms. The Balaban J connectivity index is 0.00000264. The van der Waals surface area contributed by atoms with Crippen LogP contribution in [0, 0.1) is 5.82 Å². The number of anilines is 1. The second-order valence-electron chi connectivity index (χ2n) is 5.18. The lowest BCUT2D eigenvalue weighted by Gasteiger charge is -2.23. The molecule has 0 aliphatic carbocycles. The molecule has 0 spiro atoms. The molecule has 7 nitrogen and oxygen atoms in total. The van der Waals surface area contributed by atoms with Gasteiger partial charge < -0.3 is 5.32 Å². The van der Waals surface area contributed by atoms with Crippen molar-refractivity contribution in [2.75, 3.05) is 31.1 Å². The Hall–Kier alpha value is -0.940. The van der Waals surface area contributed by atoms with E-state index < -0.39 is 25.9 Å². The van der Waals surface area contributed by atoms with E-state index in [0.29, 0.717) is 13.0 Å². The van der Waals surface area contributed by atoms with E-state index >= 15 is 0 Å². The molecular weight excluding hydrogens is 369 g/mol. The Bertz CT molecular complexity index is 765. The molecule has 132 valence electrons. The standard InChI is InChI=1S/C12H18FN3O4S2.ClH/c1-16(9-5-6-14-8-9)22(19,20)10-3-4-12(11(13)7-10)15-21(2,17)18;/h3-4,7,9,14-15H,5-6,8H2,1-2H3;1H. The van der Waals surface area contributed by atoms with E-state index in [1.807, 2.05) is 4.72 Å². The molecule has 1 unspecified atom stereocenters. The van der Waals surface area contributed by atoms with Crippen molar-refractivity contribution in [3.8, 4) is 0 Å². The smallest absolute Gasteiger partial charge is 0.243 e. The van der Waals surface area contributed by atoms with Gasteiger partial charge in [-0.3, -0.25) is 4.72 Å². The van der Waals surface area contributed by atoms with Crippen LogP contribution in [0.2, 0.25) is 0 Å². The van der Waals surface area contributed by atoms with E-state index in [0.717, 1.165) is 24.9 Å². The van der Waals surface area contributed by atoms with Gasteiger partial charge in [0.15, 0.2) is 0 Å². The highest BCUT2D eigenvalue weighted by Gasteiger charge is 2.30. The number of hydrogen-bond acceptors (Lipinski definition) is 5. The molecule has 0 saturated carbocycles. The van der Waals surface area contributed by atoms with Crippen LogP contribution in [0.4, 0.5) is 10.1 Å². The Kier molecular flexibility index (Phi) is 6.39. The number of benzene rings is 1. The SMILES string of the molecule is CN(C1CCNC1)S(=O)(=O)c1ccc(NS(C)(=O)=O)c(F)c1.Cl. The van der Waals surface area contributed by atoms with Crippen molar-refractivity contribution >= 4 is 38.1 Å². The van der Waals surface area contributed by atoms with Gasteiger partial charge in [0.1, 0.15) is 5.82 Å². The van der Waals surface area contributed by atoms with Crippen LogP contribution in [0.1, 0.15) is 6.42 Å². The number of likely N-dealkylation sites (N-methyl/N-ethyl adjacent to an activating group) is 1. The van der Waals surface area contributed by atoms with Gasteiger partial charge in [0.25, 0.3) is 0 Å². The first-order chi connectivity index (χ1) is 10.1. The third-order valence-corrected chi connectivity index (χ3v) is 5.96. The molecular formula is C12H19ClFN3O4S2. The Morgan fingerprint density at radius 1 is 1.30 bits per heavy atom. The van der Waals surface area contributed by atoms with Crippen LogP contribution in [-0.2, 0) is 20.0 Å². The number of nitrogens with one attached hydrogen (secondary N) is 2. The predicted molar refractivity (Wildman–Crippen MR) is 88.3 cm³/mol. The lowest BCUT2D eigenvalue weighted by atomic mass is 10.3. The molecule has 0 radical (unpaired) electrons. The molecule has 2 rings (SSSR count). The molecule has 1 aromatic rings. The van der Waals surface area contributed by atoms with Crippen molar-refractivity contribution in [2.45, 2.75) is 17.4 Å². The minimum atomic E-state index is -3.83. The lowest BCUT2D eigenvalue weighted by molar-refractivity contribution is 0.387. The van der Waals surface area contributed by atoms with Crippen molar-refractivity contribution in [2.24, 2.45) is 0 Å². The first-order valence-corrected chi connectivity index (χ1v) is 9.90. The van der Waals surface area contributed by atoms with Crippen LogP contribution < -0.4 is 10.0 Å². The quantitative estimate of drug-likeness (QED) is 0.771. The van der Waals surface area contributed by atoms with Gasteiger partial charge in [0.2, 0.25) is 20.0 Å². The van der Waals surface area contributed by atoms with Crippen LogP contribution in [-0.4, -0.2) is 53.6 Å². The molecule has 0 aromatic heterocycles. The maximum absolute atomic E-state index is 13.9. The molecule has 2 N–H and O–H groups in total. The largest absolute Gasteiger partial charge is 0.315 e. The van der Waals surface area contributed by atoms with Crippen LogP contribution in [0.3, 0.4) is 0 Å². The topological polar surface area (TPSA) is 95.6 Å². The first-order valence-electron chi connectivity index (χ1n) is 6.57. The molecule has 11 heteroatoms. The third-order valence-electron chi connectivity index (χ3n) is 3.46. The molecule has 1 aliphatic heterocycles. The minimum Gasteiger partial charge on any atom is -0.315 e. The monoisotopic (exact) mass is 387 g/mol. The third kappa shape index (κ3) is 4.77. The highest BCUT2D eigenvalue weighted by atomic mass is 35.5. The second-order valence-corrected chi connectivity index (χ2v) is 8.93. The summed E-state index contributed by atoms with van der Waals surface area (Å²) in [4.78, 5) is -0.210. The van der Waals surface area contributed by atoms with Gasteiger partial charge in [-0.25, -0.2) is 21.2 Å². The van der Waals surface area contributed by atoms with Crippen LogP contribution in [0.25, 0.3) is 0 Å². The fourth-order valence-electron chi connectivity index (χ4n) is 2.25. The van der Waals surface area contributed by atoms with Gasteiger partial charge in [-0.15, -0.1) is 12.4 Å². The fourth-order valence-corrected chi connectivity index (χ4v) is 4.21. The highest BCUT2D eigenvalue weighted by Crippen LogP contribution is 2.24. The van der Waals surface area contributed by atoms with Crippen molar-refractivity contribution < 1.29 is 21.2 Å². The van der Waals surface area contributed by atoms with Crippen LogP contribution >= 0.6 is 12.4 Å². The molecule has 1 aromatic carbocycles. The van der Waals surface area contributed by atoms with Crippen molar-refractivity contribution in [1.82, 2.24) is 9.62 Å². The van der Waals surface area contributed by atoms with E-state index in [1.54, 1.807) is 0 Å². The van der Waals surface area contributed by atoms with E-state index in [-0.39, 0.29) is 29.0 Å². The maximum atomic E-state index is 13.9. The van der Waals surface area contributed by atoms with E-state index in [4.69, 9.17) is 0 Å².